The lowest BCUT2D eigenvalue weighted by Crippen LogP contribution is -2.43. The van der Waals surface area contributed by atoms with Crippen LogP contribution in [0.3, 0.4) is 0 Å². The molecule has 0 aromatic carbocycles. The Kier molecular flexibility index (Phi) is 6.80. The minimum Gasteiger partial charge on any atom is -0.388 e. The molecule has 2 atom stereocenters. The standard InChI is InChI=1S/C15H29NO3/c1-4-15(18,5-2)11-16-14(17)10-19-13-8-6-7-12(3)9-13/h12-13,18H,4-11H2,1-3H3,(H,16,17). The first-order valence-corrected chi connectivity index (χ1v) is 7.59. The molecule has 4 nitrogen and oxygen atoms in total. The van der Waals surface area contributed by atoms with E-state index in [1.165, 1.54) is 12.8 Å². The summed E-state index contributed by atoms with van der Waals surface area (Å²) >= 11 is 0. The van der Waals surface area contributed by atoms with E-state index in [0.717, 1.165) is 12.8 Å². The Labute approximate surface area is 116 Å². The van der Waals surface area contributed by atoms with Crippen molar-refractivity contribution in [2.75, 3.05) is 13.2 Å². The van der Waals surface area contributed by atoms with Gasteiger partial charge in [-0.3, -0.25) is 4.79 Å². The Bertz CT molecular complexity index is 277. The van der Waals surface area contributed by atoms with E-state index in [9.17, 15) is 9.90 Å². The van der Waals surface area contributed by atoms with Crippen LogP contribution in [0.25, 0.3) is 0 Å². The molecule has 0 bridgehead atoms. The molecule has 2 unspecified atom stereocenters. The molecule has 0 saturated heterocycles. The molecule has 0 aromatic rings. The summed E-state index contributed by atoms with van der Waals surface area (Å²) in [5, 5.41) is 12.8. The lowest BCUT2D eigenvalue weighted by molar-refractivity contribution is -0.130. The van der Waals surface area contributed by atoms with Gasteiger partial charge in [0.15, 0.2) is 0 Å². The smallest absolute Gasteiger partial charge is 0.246 e. The first kappa shape index (κ1) is 16.4. The third-order valence-corrected chi connectivity index (χ3v) is 4.27. The maximum Gasteiger partial charge on any atom is 0.246 e. The van der Waals surface area contributed by atoms with E-state index in [2.05, 4.69) is 12.2 Å². The van der Waals surface area contributed by atoms with Crippen molar-refractivity contribution < 1.29 is 14.6 Å². The molecule has 19 heavy (non-hydrogen) atoms. The summed E-state index contributed by atoms with van der Waals surface area (Å²) in [7, 11) is 0. The molecule has 112 valence electrons. The van der Waals surface area contributed by atoms with E-state index in [1.807, 2.05) is 13.8 Å². The second-order valence-corrected chi connectivity index (χ2v) is 5.91. The summed E-state index contributed by atoms with van der Waals surface area (Å²) < 4.78 is 5.65. The molecule has 1 aliphatic rings. The number of carbonyl (C=O) groups excluding carboxylic acids is 1. The molecule has 0 aromatic heterocycles. The van der Waals surface area contributed by atoms with Crippen LogP contribution in [-0.2, 0) is 9.53 Å². The highest BCUT2D eigenvalue weighted by molar-refractivity contribution is 5.77. The zero-order valence-electron chi connectivity index (χ0n) is 12.6. The summed E-state index contributed by atoms with van der Waals surface area (Å²) in [5.41, 5.74) is -0.783. The predicted octanol–water partition coefficient (Wildman–Crippen LogP) is 2.25. The van der Waals surface area contributed by atoms with Crippen LogP contribution in [0, 0.1) is 5.92 Å². The van der Waals surface area contributed by atoms with Crippen molar-refractivity contribution in [1.29, 1.82) is 0 Å². The highest BCUT2D eigenvalue weighted by atomic mass is 16.5. The van der Waals surface area contributed by atoms with Crippen LogP contribution in [0.4, 0.5) is 0 Å². The van der Waals surface area contributed by atoms with Gasteiger partial charge in [0.25, 0.3) is 0 Å². The van der Waals surface area contributed by atoms with Crippen LogP contribution in [0.5, 0.6) is 0 Å². The molecular weight excluding hydrogens is 242 g/mol. The van der Waals surface area contributed by atoms with Crippen LogP contribution >= 0.6 is 0 Å². The molecule has 1 rings (SSSR count). The van der Waals surface area contributed by atoms with Gasteiger partial charge in [0.2, 0.25) is 5.91 Å². The molecule has 4 heteroatoms. The average molecular weight is 271 g/mol. The second-order valence-electron chi connectivity index (χ2n) is 5.91. The van der Waals surface area contributed by atoms with Gasteiger partial charge in [0.1, 0.15) is 6.61 Å². The summed E-state index contributed by atoms with van der Waals surface area (Å²) in [6, 6.07) is 0. The molecule has 1 amide bonds. The van der Waals surface area contributed by atoms with Crippen molar-refractivity contribution >= 4 is 5.91 Å². The summed E-state index contributed by atoms with van der Waals surface area (Å²) in [5.74, 6) is 0.575. The second kappa shape index (κ2) is 7.85. The number of hydrogen-bond donors (Lipinski definition) is 2. The monoisotopic (exact) mass is 271 g/mol. The zero-order chi connectivity index (χ0) is 14.3. The molecule has 1 fully saturated rings. The number of aliphatic hydroxyl groups is 1. The third-order valence-electron chi connectivity index (χ3n) is 4.27. The summed E-state index contributed by atoms with van der Waals surface area (Å²) in [4.78, 5) is 11.7. The molecule has 0 spiro atoms. The van der Waals surface area contributed by atoms with Gasteiger partial charge in [-0.2, -0.15) is 0 Å². The maximum atomic E-state index is 11.7. The fourth-order valence-corrected chi connectivity index (χ4v) is 2.54. The van der Waals surface area contributed by atoms with E-state index in [0.29, 0.717) is 25.3 Å². The molecule has 1 aliphatic carbocycles. The van der Waals surface area contributed by atoms with Crippen molar-refractivity contribution in [2.24, 2.45) is 5.92 Å². The Hall–Kier alpha value is -0.610. The Morgan fingerprint density at radius 1 is 1.37 bits per heavy atom. The summed E-state index contributed by atoms with van der Waals surface area (Å²) in [6.07, 6.45) is 6.10. The minimum atomic E-state index is -0.783. The molecule has 0 radical (unpaired) electrons. The number of nitrogens with one attached hydrogen (secondary N) is 1. The van der Waals surface area contributed by atoms with Gasteiger partial charge < -0.3 is 15.2 Å². The Balaban J connectivity index is 2.20. The first-order valence-electron chi connectivity index (χ1n) is 7.59. The Morgan fingerprint density at radius 2 is 2.05 bits per heavy atom. The zero-order valence-corrected chi connectivity index (χ0v) is 12.6. The molecule has 1 saturated carbocycles. The van der Waals surface area contributed by atoms with E-state index in [1.54, 1.807) is 0 Å². The minimum absolute atomic E-state index is 0.112. The largest absolute Gasteiger partial charge is 0.388 e. The number of amides is 1. The third kappa shape index (κ3) is 5.91. The average Bonchev–Trinajstić information content (AvgIpc) is 2.42. The normalized spacial score (nSPS) is 24.2. The van der Waals surface area contributed by atoms with Crippen LogP contribution in [0.2, 0.25) is 0 Å². The van der Waals surface area contributed by atoms with Crippen molar-refractivity contribution in [1.82, 2.24) is 5.32 Å². The topological polar surface area (TPSA) is 58.6 Å². The lowest BCUT2D eigenvalue weighted by Gasteiger charge is -2.27. The number of ether oxygens (including phenoxy) is 1. The fraction of sp³-hybridized carbons (Fsp3) is 0.933. The van der Waals surface area contributed by atoms with E-state index in [4.69, 9.17) is 4.74 Å². The highest BCUT2D eigenvalue weighted by Crippen LogP contribution is 2.25. The van der Waals surface area contributed by atoms with Crippen molar-refractivity contribution in [2.45, 2.75) is 71.0 Å². The Morgan fingerprint density at radius 3 is 2.63 bits per heavy atom. The number of carbonyl (C=O) groups is 1. The SMILES string of the molecule is CCC(O)(CC)CNC(=O)COC1CCCC(C)C1. The van der Waals surface area contributed by atoms with Gasteiger partial charge in [-0.15, -0.1) is 0 Å². The molecule has 0 heterocycles. The molecule has 2 N–H and O–H groups in total. The van der Waals surface area contributed by atoms with Gasteiger partial charge in [-0.1, -0.05) is 33.6 Å². The molecule has 0 aliphatic heterocycles. The van der Waals surface area contributed by atoms with Crippen molar-refractivity contribution in [3.8, 4) is 0 Å². The van der Waals surface area contributed by atoms with Crippen LogP contribution < -0.4 is 5.32 Å². The highest BCUT2D eigenvalue weighted by Gasteiger charge is 2.23. The van der Waals surface area contributed by atoms with Gasteiger partial charge in [0, 0.05) is 6.54 Å². The van der Waals surface area contributed by atoms with Gasteiger partial charge in [-0.25, -0.2) is 0 Å². The van der Waals surface area contributed by atoms with Gasteiger partial charge in [-0.05, 0) is 31.6 Å². The first-order chi connectivity index (χ1) is 8.99. The number of hydrogen-bond acceptors (Lipinski definition) is 3. The van der Waals surface area contributed by atoms with Crippen LogP contribution in [-0.4, -0.2) is 35.9 Å². The summed E-state index contributed by atoms with van der Waals surface area (Å²) in [6.45, 7) is 6.51. The van der Waals surface area contributed by atoms with Crippen LogP contribution in [0.1, 0.15) is 59.3 Å². The van der Waals surface area contributed by atoms with Crippen molar-refractivity contribution in [3.05, 3.63) is 0 Å². The van der Waals surface area contributed by atoms with Gasteiger partial charge >= 0.3 is 0 Å². The van der Waals surface area contributed by atoms with Crippen molar-refractivity contribution in [3.63, 3.8) is 0 Å². The quantitative estimate of drug-likeness (QED) is 0.746. The molecular formula is C15H29NO3. The van der Waals surface area contributed by atoms with Crippen LogP contribution in [0.15, 0.2) is 0 Å². The number of rotatable bonds is 7. The van der Waals surface area contributed by atoms with E-state index >= 15 is 0 Å². The fourth-order valence-electron chi connectivity index (χ4n) is 2.54. The van der Waals surface area contributed by atoms with Gasteiger partial charge in [0.05, 0.1) is 11.7 Å². The lowest BCUT2D eigenvalue weighted by atomic mass is 9.89. The maximum absolute atomic E-state index is 11.7. The predicted molar refractivity (Wildman–Crippen MR) is 75.9 cm³/mol. The van der Waals surface area contributed by atoms with E-state index < -0.39 is 5.60 Å². The van der Waals surface area contributed by atoms with E-state index in [-0.39, 0.29) is 18.6 Å².